The van der Waals surface area contributed by atoms with E-state index < -0.39 is 17.9 Å². The molecule has 0 unspecified atom stereocenters. The number of benzene rings is 1. The highest BCUT2D eigenvalue weighted by atomic mass is 16.3. The number of rotatable bonds is 4. The number of aliphatic hydroxyl groups excluding tert-OH is 1. The molecule has 1 aromatic rings. The zero-order chi connectivity index (χ0) is 14.4. The molecular weight excluding hydrogens is 244 g/mol. The molecule has 1 rings (SSSR count). The van der Waals surface area contributed by atoms with Crippen molar-refractivity contribution in [3.63, 3.8) is 0 Å². The molecule has 0 aliphatic rings. The van der Waals surface area contributed by atoms with Crippen LogP contribution in [0.5, 0.6) is 0 Å². The molecular formula is C14H20N2O3. The van der Waals surface area contributed by atoms with Crippen molar-refractivity contribution in [2.24, 2.45) is 0 Å². The van der Waals surface area contributed by atoms with E-state index in [0.717, 1.165) is 11.1 Å². The normalized spacial score (nSPS) is 11.8. The van der Waals surface area contributed by atoms with Gasteiger partial charge in [-0.15, -0.1) is 0 Å². The fourth-order valence-corrected chi connectivity index (χ4v) is 1.53. The molecule has 1 atom stereocenters. The summed E-state index contributed by atoms with van der Waals surface area (Å²) in [4.78, 5) is 23.3. The molecule has 0 aliphatic heterocycles. The van der Waals surface area contributed by atoms with Gasteiger partial charge in [-0.1, -0.05) is 13.0 Å². The molecule has 5 nitrogen and oxygen atoms in total. The summed E-state index contributed by atoms with van der Waals surface area (Å²) in [6.45, 7) is 5.55. The number of carbonyl (C=O) groups is 2. The van der Waals surface area contributed by atoms with Gasteiger partial charge in [-0.05, 0) is 43.5 Å². The maximum Gasteiger partial charge on any atom is 0.313 e. The van der Waals surface area contributed by atoms with E-state index in [1.165, 1.54) is 0 Å². The lowest BCUT2D eigenvalue weighted by Crippen LogP contribution is -2.43. The van der Waals surface area contributed by atoms with Gasteiger partial charge in [0.2, 0.25) is 0 Å². The Hall–Kier alpha value is -1.88. The average molecular weight is 264 g/mol. The van der Waals surface area contributed by atoms with E-state index in [4.69, 9.17) is 5.11 Å². The third kappa shape index (κ3) is 4.37. The number of aliphatic hydroxyl groups is 1. The molecule has 0 fully saturated rings. The Morgan fingerprint density at radius 2 is 1.89 bits per heavy atom. The van der Waals surface area contributed by atoms with Crippen molar-refractivity contribution < 1.29 is 14.7 Å². The van der Waals surface area contributed by atoms with Crippen molar-refractivity contribution in [1.29, 1.82) is 0 Å². The first-order chi connectivity index (χ1) is 8.97. The molecule has 2 amide bonds. The van der Waals surface area contributed by atoms with E-state index in [0.29, 0.717) is 12.1 Å². The van der Waals surface area contributed by atoms with Gasteiger partial charge in [-0.25, -0.2) is 0 Å². The monoisotopic (exact) mass is 264 g/mol. The fraction of sp³-hybridized carbons (Fsp3) is 0.429. The maximum atomic E-state index is 11.7. The van der Waals surface area contributed by atoms with E-state index >= 15 is 0 Å². The van der Waals surface area contributed by atoms with Crippen LogP contribution >= 0.6 is 0 Å². The van der Waals surface area contributed by atoms with Crippen LogP contribution in [0.4, 0.5) is 5.69 Å². The lowest BCUT2D eigenvalue weighted by molar-refractivity contribution is -0.136. The highest BCUT2D eigenvalue weighted by molar-refractivity contribution is 6.39. The van der Waals surface area contributed by atoms with Crippen LogP contribution < -0.4 is 10.6 Å². The largest absolute Gasteiger partial charge is 0.394 e. The number of carbonyl (C=O) groups excluding carboxylic acids is 2. The summed E-state index contributed by atoms with van der Waals surface area (Å²) in [5.74, 6) is -1.46. The van der Waals surface area contributed by atoms with Crippen LogP contribution in [-0.4, -0.2) is 29.6 Å². The van der Waals surface area contributed by atoms with Gasteiger partial charge in [0.05, 0.1) is 12.6 Å². The fourth-order valence-electron chi connectivity index (χ4n) is 1.53. The third-order valence-corrected chi connectivity index (χ3v) is 3.02. The van der Waals surface area contributed by atoms with Gasteiger partial charge in [-0.3, -0.25) is 9.59 Å². The standard InChI is InChI=1S/C14H20N2O3/c1-4-11(8-17)15-13(18)14(19)16-12-6-5-9(2)10(3)7-12/h5-7,11,17H,4,8H2,1-3H3,(H,15,18)(H,16,19)/t11-/m0/s1. The van der Waals surface area contributed by atoms with E-state index in [9.17, 15) is 9.59 Å². The lowest BCUT2D eigenvalue weighted by atomic mass is 10.1. The molecule has 0 bridgehead atoms. The summed E-state index contributed by atoms with van der Waals surface area (Å²) in [6, 6.07) is 5.05. The summed E-state index contributed by atoms with van der Waals surface area (Å²) in [5.41, 5.74) is 2.74. The average Bonchev–Trinajstić information content (AvgIpc) is 2.39. The molecule has 104 valence electrons. The number of hydrogen-bond donors (Lipinski definition) is 3. The number of nitrogens with one attached hydrogen (secondary N) is 2. The molecule has 1 aromatic carbocycles. The Kier molecular flexibility index (Phi) is 5.51. The number of aryl methyl sites for hydroxylation is 2. The predicted octanol–water partition coefficient (Wildman–Crippen LogP) is 1.13. The van der Waals surface area contributed by atoms with Gasteiger partial charge in [0.25, 0.3) is 0 Å². The molecule has 19 heavy (non-hydrogen) atoms. The Morgan fingerprint density at radius 1 is 1.21 bits per heavy atom. The van der Waals surface area contributed by atoms with Crippen molar-refractivity contribution >= 4 is 17.5 Å². The second-order valence-electron chi connectivity index (χ2n) is 4.51. The van der Waals surface area contributed by atoms with Crippen molar-refractivity contribution in [3.8, 4) is 0 Å². The summed E-state index contributed by atoms with van der Waals surface area (Å²) in [7, 11) is 0. The van der Waals surface area contributed by atoms with Gasteiger partial charge >= 0.3 is 11.8 Å². The summed E-state index contributed by atoms with van der Waals surface area (Å²) >= 11 is 0. The van der Waals surface area contributed by atoms with Crippen LogP contribution in [0.2, 0.25) is 0 Å². The Labute approximate surface area is 113 Å². The smallest absolute Gasteiger partial charge is 0.313 e. The zero-order valence-electron chi connectivity index (χ0n) is 11.5. The SMILES string of the molecule is CC[C@@H](CO)NC(=O)C(=O)Nc1ccc(C)c(C)c1. The van der Waals surface area contributed by atoms with Crippen LogP contribution in [0.3, 0.4) is 0 Å². The lowest BCUT2D eigenvalue weighted by Gasteiger charge is -2.13. The van der Waals surface area contributed by atoms with Crippen molar-refractivity contribution in [2.45, 2.75) is 33.2 Å². The molecule has 0 radical (unpaired) electrons. The summed E-state index contributed by atoms with van der Waals surface area (Å²) in [5, 5.41) is 14.0. The van der Waals surface area contributed by atoms with Crippen molar-refractivity contribution in [1.82, 2.24) is 5.32 Å². The summed E-state index contributed by atoms with van der Waals surface area (Å²) in [6.07, 6.45) is 0.569. The van der Waals surface area contributed by atoms with Gasteiger partial charge in [0.15, 0.2) is 0 Å². The van der Waals surface area contributed by atoms with Crippen LogP contribution in [0.15, 0.2) is 18.2 Å². The second kappa shape index (κ2) is 6.89. The van der Waals surface area contributed by atoms with E-state index in [1.54, 1.807) is 6.07 Å². The molecule has 3 N–H and O–H groups in total. The van der Waals surface area contributed by atoms with Gasteiger partial charge in [0, 0.05) is 5.69 Å². The van der Waals surface area contributed by atoms with Crippen molar-refractivity contribution in [2.75, 3.05) is 11.9 Å². The highest BCUT2D eigenvalue weighted by Crippen LogP contribution is 2.13. The van der Waals surface area contributed by atoms with Crippen LogP contribution in [0, 0.1) is 13.8 Å². The molecule has 0 heterocycles. The minimum absolute atomic E-state index is 0.181. The van der Waals surface area contributed by atoms with E-state index in [2.05, 4.69) is 10.6 Å². The highest BCUT2D eigenvalue weighted by Gasteiger charge is 2.17. The minimum Gasteiger partial charge on any atom is -0.394 e. The Morgan fingerprint density at radius 3 is 2.42 bits per heavy atom. The minimum atomic E-state index is -0.737. The molecule has 5 heteroatoms. The van der Waals surface area contributed by atoms with Gasteiger partial charge in [-0.2, -0.15) is 0 Å². The molecule has 0 aliphatic carbocycles. The molecule has 0 saturated heterocycles. The number of amides is 2. The van der Waals surface area contributed by atoms with Crippen LogP contribution in [0.25, 0.3) is 0 Å². The summed E-state index contributed by atoms with van der Waals surface area (Å²) < 4.78 is 0. The number of anilines is 1. The Balaban J connectivity index is 2.63. The predicted molar refractivity (Wildman–Crippen MR) is 73.9 cm³/mol. The second-order valence-corrected chi connectivity index (χ2v) is 4.51. The molecule has 0 saturated carbocycles. The van der Waals surface area contributed by atoms with E-state index in [-0.39, 0.29) is 6.61 Å². The number of hydrogen-bond acceptors (Lipinski definition) is 3. The maximum absolute atomic E-state index is 11.7. The third-order valence-electron chi connectivity index (χ3n) is 3.02. The quantitative estimate of drug-likeness (QED) is 0.713. The van der Waals surface area contributed by atoms with Gasteiger partial charge in [0.1, 0.15) is 0 Å². The molecule has 0 aromatic heterocycles. The topological polar surface area (TPSA) is 78.4 Å². The van der Waals surface area contributed by atoms with E-state index in [1.807, 2.05) is 32.9 Å². The first kappa shape index (κ1) is 15.2. The van der Waals surface area contributed by atoms with Gasteiger partial charge < -0.3 is 15.7 Å². The zero-order valence-corrected chi connectivity index (χ0v) is 11.5. The van der Waals surface area contributed by atoms with Crippen molar-refractivity contribution in [3.05, 3.63) is 29.3 Å². The first-order valence-corrected chi connectivity index (χ1v) is 6.27. The van der Waals surface area contributed by atoms with Crippen LogP contribution in [0.1, 0.15) is 24.5 Å². The van der Waals surface area contributed by atoms with Crippen LogP contribution in [-0.2, 0) is 9.59 Å². The Bertz CT molecular complexity index is 468. The molecule has 0 spiro atoms. The first-order valence-electron chi connectivity index (χ1n) is 6.27.